The molecule has 2 unspecified atom stereocenters. The fourth-order valence-electron chi connectivity index (χ4n) is 7.60. The highest BCUT2D eigenvalue weighted by Crippen LogP contribution is 2.65. The molecule has 0 radical (unpaired) electrons. The number of likely N-dealkylation sites (tertiary alicyclic amines) is 1. The number of fused-ring (bicyclic) bond motifs is 1. The lowest BCUT2D eigenvalue weighted by Gasteiger charge is -2.37. The number of hydrogen-bond donors (Lipinski definition) is 4. The van der Waals surface area contributed by atoms with E-state index in [1.165, 1.54) is 9.80 Å². The molecule has 14 heteroatoms. The van der Waals surface area contributed by atoms with Gasteiger partial charge in [-0.25, -0.2) is 4.79 Å². The third kappa shape index (κ3) is 9.36. The Kier molecular flexibility index (Phi) is 11.6. The minimum absolute atomic E-state index is 0.0446. The first kappa shape index (κ1) is 39.7. The number of nitrogens with one attached hydrogen (secondary N) is 4. The SMILES string of the molecule is CC(OC(=O)N[C@H](C(=O)N1C[C@H]2[C@@H]([C@H]1C(=O)NC(CC1CC1)C(=O)C(=O)NCC(=O)N[C@H](C(=O)N(C)C)c1ccccc1)C2(C)C)C(C)(C)C)C1CC1. The van der Waals surface area contributed by atoms with E-state index in [-0.39, 0.29) is 41.6 Å². The van der Waals surface area contributed by atoms with E-state index in [0.717, 1.165) is 25.7 Å². The monoisotopic (exact) mass is 736 g/mol. The molecule has 1 heterocycles. The minimum atomic E-state index is -1.17. The van der Waals surface area contributed by atoms with Crippen molar-refractivity contribution in [2.75, 3.05) is 27.2 Å². The van der Waals surface area contributed by atoms with E-state index < -0.39 is 71.6 Å². The summed E-state index contributed by atoms with van der Waals surface area (Å²) in [6.45, 7) is 11.2. The first-order valence-corrected chi connectivity index (χ1v) is 18.8. The second-order valence-electron chi connectivity index (χ2n) is 17.2. The second kappa shape index (κ2) is 15.5. The van der Waals surface area contributed by atoms with Crippen molar-refractivity contribution in [2.24, 2.45) is 34.5 Å². The third-order valence-electron chi connectivity index (χ3n) is 11.4. The molecule has 7 atom stereocenters. The van der Waals surface area contributed by atoms with Gasteiger partial charge in [-0.1, -0.05) is 77.8 Å². The number of piperidine rings is 1. The van der Waals surface area contributed by atoms with E-state index in [1.807, 2.05) is 41.5 Å². The van der Waals surface area contributed by atoms with E-state index in [9.17, 15) is 33.6 Å². The van der Waals surface area contributed by atoms with Gasteiger partial charge in [0.15, 0.2) is 0 Å². The van der Waals surface area contributed by atoms with Crippen molar-refractivity contribution >= 4 is 41.4 Å². The van der Waals surface area contributed by atoms with Crippen LogP contribution in [-0.2, 0) is 33.5 Å². The Balaban J connectivity index is 1.25. The highest BCUT2D eigenvalue weighted by molar-refractivity contribution is 6.38. The summed E-state index contributed by atoms with van der Waals surface area (Å²) in [5.74, 6) is -3.59. The Hall–Kier alpha value is -4.49. The molecular formula is C39H56N6O8. The van der Waals surface area contributed by atoms with Crippen LogP contribution in [0.15, 0.2) is 30.3 Å². The van der Waals surface area contributed by atoms with Gasteiger partial charge < -0.3 is 35.8 Å². The van der Waals surface area contributed by atoms with Crippen molar-refractivity contribution in [1.82, 2.24) is 31.1 Å². The largest absolute Gasteiger partial charge is 0.446 e. The maximum absolute atomic E-state index is 14.2. The quantitative estimate of drug-likeness (QED) is 0.198. The predicted molar refractivity (Wildman–Crippen MR) is 195 cm³/mol. The van der Waals surface area contributed by atoms with E-state index >= 15 is 0 Å². The Morgan fingerprint density at radius 3 is 2.15 bits per heavy atom. The van der Waals surface area contributed by atoms with E-state index in [0.29, 0.717) is 18.0 Å². The Bertz CT molecular complexity index is 1600. The second-order valence-corrected chi connectivity index (χ2v) is 17.2. The molecule has 4 aliphatic rings. The van der Waals surface area contributed by atoms with Gasteiger partial charge in [0.1, 0.15) is 24.2 Å². The summed E-state index contributed by atoms with van der Waals surface area (Å²) in [7, 11) is 3.13. The highest BCUT2D eigenvalue weighted by Gasteiger charge is 2.70. The van der Waals surface area contributed by atoms with Gasteiger partial charge in [0.2, 0.25) is 29.4 Å². The van der Waals surface area contributed by atoms with Crippen molar-refractivity contribution in [1.29, 1.82) is 0 Å². The highest BCUT2D eigenvalue weighted by atomic mass is 16.6. The van der Waals surface area contributed by atoms with Crippen molar-refractivity contribution in [2.45, 2.75) is 104 Å². The van der Waals surface area contributed by atoms with Crippen LogP contribution in [0.1, 0.15) is 85.3 Å². The van der Waals surface area contributed by atoms with Gasteiger partial charge in [-0.15, -0.1) is 0 Å². The van der Waals surface area contributed by atoms with Crippen molar-refractivity contribution < 1.29 is 38.3 Å². The number of ketones is 1. The number of ether oxygens (including phenoxy) is 1. The molecule has 6 amide bonds. The molecule has 0 bridgehead atoms. The summed E-state index contributed by atoms with van der Waals surface area (Å²) in [6.07, 6.45) is 2.99. The third-order valence-corrected chi connectivity index (χ3v) is 11.4. The first-order chi connectivity index (χ1) is 24.8. The zero-order valence-electron chi connectivity index (χ0n) is 32.2. The summed E-state index contributed by atoms with van der Waals surface area (Å²) in [5, 5.41) is 10.6. The molecular weight excluding hydrogens is 680 g/mol. The molecule has 3 aliphatic carbocycles. The molecule has 0 aromatic heterocycles. The van der Waals surface area contributed by atoms with Gasteiger partial charge in [-0.05, 0) is 66.3 Å². The van der Waals surface area contributed by atoms with E-state index in [4.69, 9.17) is 4.74 Å². The summed E-state index contributed by atoms with van der Waals surface area (Å²) < 4.78 is 5.57. The summed E-state index contributed by atoms with van der Waals surface area (Å²) in [6, 6.07) is 4.61. The summed E-state index contributed by atoms with van der Waals surface area (Å²) in [4.78, 5) is 96.7. The van der Waals surface area contributed by atoms with E-state index in [2.05, 4.69) is 21.3 Å². The van der Waals surface area contributed by atoms with Crippen LogP contribution in [-0.4, -0.2) is 103 Å². The average molecular weight is 737 g/mol. The van der Waals surface area contributed by atoms with Gasteiger partial charge in [-0.2, -0.15) is 0 Å². The van der Waals surface area contributed by atoms with Crippen LogP contribution in [0.3, 0.4) is 0 Å². The molecule has 1 aromatic carbocycles. The predicted octanol–water partition coefficient (Wildman–Crippen LogP) is 2.32. The molecule has 1 aliphatic heterocycles. The Morgan fingerprint density at radius 2 is 1.58 bits per heavy atom. The number of carbonyl (C=O) groups excluding carboxylic acids is 7. The molecule has 5 rings (SSSR count). The molecule has 14 nitrogen and oxygen atoms in total. The van der Waals surface area contributed by atoms with E-state index in [1.54, 1.807) is 44.4 Å². The van der Waals surface area contributed by atoms with Crippen molar-refractivity contribution in [3.8, 4) is 0 Å². The molecule has 1 aromatic rings. The van der Waals surface area contributed by atoms with Crippen LogP contribution in [0.2, 0.25) is 0 Å². The molecule has 1 saturated heterocycles. The number of rotatable bonds is 15. The van der Waals surface area contributed by atoms with Gasteiger partial charge in [0.05, 0.1) is 12.6 Å². The lowest BCUT2D eigenvalue weighted by molar-refractivity contribution is -0.145. The normalized spacial score (nSPS) is 23.6. The molecule has 4 N–H and O–H groups in total. The average Bonchev–Trinajstić information content (AvgIpc) is 4.05. The maximum Gasteiger partial charge on any atom is 0.408 e. The number of amides is 6. The number of Topliss-reactive ketones (excluding diaryl/α,β-unsaturated/α-hetero) is 1. The topological polar surface area (TPSA) is 183 Å². The maximum atomic E-state index is 14.2. The number of benzene rings is 1. The number of likely N-dealkylation sites (N-methyl/N-ethyl adjacent to an activating group) is 1. The molecule has 3 saturated carbocycles. The van der Waals surface area contributed by atoms with Crippen LogP contribution in [0.25, 0.3) is 0 Å². The van der Waals surface area contributed by atoms with Crippen LogP contribution < -0.4 is 21.3 Å². The van der Waals surface area contributed by atoms with Crippen LogP contribution in [0.5, 0.6) is 0 Å². The van der Waals surface area contributed by atoms with Crippen LogP contribution >= 0.6 is 0 Å². The summed E-state index contributed by atoms with van der Waals surface area (Å²) >= 11 is 0. The Labute approximate surface area is 311 Å². The smallest absolute Gasteiger partial charge is 0.408 e. The number of carbonyl (C=O) groups is 7. The number of hydrogen-bond acceptors (Lipinski definition) is 8. The Morgan fingerprint density at radius 1 is 0.943 bits per heavy atom. The minimum Gasteiger partial charge on any atom is -0.446 e. The molecule has 4 fully saturated rings. The van der Waals surface area contributed by atoms with Crippen molar-refractivity contribution in [3.63, 3.8) is 0 Å². The number of nitrogens with zero attached hydrogens (tertiary/aromatic N) is 2. The van der Waals surface area contributed by atoms with Crippen molar-refractivity contribution in [3.05, 3.63) is 35.9 Å². The number of alkyl carbamates (subject to hydrolysis) is 1. The lowest BCUT2D eigenvalue weighted by atomic mass is 9.85. The van der Waals surface area contributed by atoms with Gasteiger partial charge >= 0.3 is 6.09 Å². The zero-order valence-corrected chi connectivity index (χ0v) is 32.2. The fraction of sp³-hybridized carbons (Fsp3) is 0.667. The zero-order chi connectivity index (χ0) is 39.0. The van der Waals surface area contributed by atoms with Gasteiger partial charge in [0, 0.05) is 20.6 Å². The first-order valence-electron chi connectivity index (χ1n) is 18.8. The molecule has 0 spiro atoms. The fourth-order valence-corrected chi connectivity index (χ4v) is 7.60. The van der Waals surface area contributed by atoms with Gasteiger partial charge in [-0.3, -0.25) is 28.8 Å². The molecule has 53 heavy (non-hydrogen) atoms. The molecule has 290 valence electrons. The van der Waals surface area contributed by atoms with Crippen LogP contribution in [0, 0.1) is 34.5 Å². The van der Waals surface area contributed by atoms with Crippen LogP contribution in [0.4, 0.5) is 4.79 Å². The van der Waals surface area contributed by atoms with Gasteiger partial charge in [0.25, 0.3) is 5.91 Å². The standard InChI is InChI=1S/C39H56N6O8/c1-21(23-16-17-23)53-37(52)43-32(38(2,3)4)36(51)45-20-25-28(39(25,5)6)30(45)33(48)41-26(18-22-14-15-22)31(47)34(49)40-19-27(46)42-29(35(50)44(7)8)24-12-10-9-11-13-24/h9-13,21-23,25-26,28-30,32H,14-20H2,1-8H3,(H,40,49)(H,41,48)(H,42,46)(H,43,52)/t21?,25-,26?,28-,29-,30-,32+/m0/s1. The summed E-state index contributed by atoms with van der Waals surface area (Å²) in [5.41, 5.74) is -0.380. The lowest BCUT2D eigenvalue weighted by Crippen LogP contribution is -2.60.